The maximum atomic E-state index is 12.0. The standard InChI is InChI=1S/C12H17N3O2S/c16-11(9-7-17-6-5-13-9)15-12-14-8-3-1-2-4-10(8)18-12/h9,13H,1-7H2,(H,14,15,16). The van der Waals surface area contributed by atoms with Gasteiger partial charge in [0, 0.05) is 11.4 Å². The van der Waals surface area contributed by atoms with Gasteiger partial charge in [0.05, 0.1) is 18.9 Å². The third kappa shape index (κ3) is 2.55. The van der Waals surface area contributed by atoms with E-state index in [9.17, 15) is 4.79 Å². The topological polar surface area (TPSA) is 63.2 Å². The average Bonchev–Trinajstić information content (AvgIpc) is 2.82. The van der Waals surface area contributed by atoms with Crippen LogP contribution < -0.4 is 10.6 Å². The summed E-state index contributed by atoms with van der Waals surface area (Å²) in [4.78, 5) is 17.8. The van der Waals surface area contributed by atoms with Gasteiger partial charge >= 0.3 is 0 Å². The molecule has 5 nitrogen and oxygen atoms in total. The minimum absolute atomic E-state index is 0.0409. The summed E-state index contributed by atoms with van der Waals surface area (Å²) < 4.78 is 5.28. The number of nitrogens with one attached hydrogen (secondary N) is 2. The number of ether oxygens (including phenoxy) is 1. The van der Waals surface area contributed by atoms with Crippen LogP contribution in [0.2, 0.25) is 0 Å². The molecule has 1 aliphatic carbocycles. The van der Waals surface area contributed by atoms with Crippen molar-refractivity contribution in [2.45, 2.75) is 31.7 Å². The summed E-state index contributed by atoms with van der Waals surface area (Å²) in [6.07, 6.45) is 4.60. The molecule has 2 N–H and O–H groups in total. The van der Waals surface area contributed by atoms with Gasteiger partial charge in [-0.25, -0.2) is 4.98 Å². The van der Waals surface area contributed by atoms with Crippen LogP contribution in [-0.2, 0) is 22.4 Å². The van der Waals surface area contributed by atoms with E-state index < -0.39 is 0 Å². The monoisotopic (exact) mass is 267 g/mol. The number of nitrogens with zero attached hydrogens (tertiary/aromatic N) is 1. The Hall–Kier alpha value is -0.980. The Morgan fingerprint density at radius 3 is 3.11 bits per heavy atom. The molecule has 1 fully saturated rings. The summed E-state index contributed by atoms with van der Waals surface area (Å²) in [5.41, 5.74) is 1.18. The molecule has 1 aliphatic heterocycles. The fraction of sp³-hybridized carbons (Fsp3) is 0.667. The highest BCUT2D eigenvalue weighted by Gasteiger charge is 2.23. The van der Waals surface area contributed by atoms with Crippen molar-refractivity contribution in [3.8, 4) is 0 Å². The maximum absolute atomic E-state index is 12.0. The highest BCUT2D eigenvalue weighted by Crippen LogP contribution is 2.29. The van der Waals surface area contributed by atoms with Crippen molar-refractivity contribution in [3.63, 3.8) is 0 Å². The molecule has 2 heterocycles. The lowest BCUT2D eigenvalue weighted by Gasteiger charge is -2.22. The quantitative estimate of drug-likeness (QED) is 0.837. The Labute approximate surface area is 110 Å². The van der Waals surface area contributed by atoms with Gasteiger partial charge < -0.3 is 15.4 Å². The Morgan fingerprint density at radius 1 is 1.44 bits per heavy atom. The summed E-state index contributed by atoms with van der Waals surface area (Å²) >= 11 is 1.62. The molecule has 1 saturated heterocycles. The smallest absolute Gasteiger partial charge is 0.245 e. The number of aromatic nitrogens is 1. The molecule has 98 valence electrons. The van der Waals surface area contributed by atoms with Gasteiger partial charge in [0.1, 0.15) is 6.04 Å². The molecule has 0 saturated carbocycles. The van der Waals surface area contributed by atoms with Gasteiger partial charge in [0.15, 0.2) is 5.13 Å². The van der Waals surface area contributed by atoms with Crippen molar-refractivity contribution < 1.29 is 9.53 Å². The number of carbonyl (C=O) groups is 1. The number of thiazole rings is 1. The number of carbonyl (C=O) groups excluding carboxylic acids is 1. The molecule has 6 heteroatoms. The summed E-state index contributed by atoms with van der Waals surface area (Å²) in [5, 5.41) is 6.77. The van der Waals surface area contributed by atoms with Crippen LogP contribution in [0.25, 0.3) is 0 Å². The second-order valence-electron chi connectivity index (χ2n) is 4.67. The average molecular weight is 267 g/mol. The predicted molar refractivity (Wildman–Crippen MR) is 70.0 cm³/mol. The zero-order valence-electron chi connectivity index (χ0n) is 10.2. The molecule has 2 aliphatic rings. The van der Waals surface area contributed by atoms with Gasteiger partial charge in [-0.3, -0.25) is 4.79 Å². The predicted octanol–water partition coefficient (Wildman–Crippen LogP) is 0.949. The van der Waals surface area contributed by atoms with E-state index in [1.807, 2.05) is 0 Å². The lowest BCUT2D eigenvalue weighted by Crippen LogP contribution is -2.48. The van der Waals surface area contributed by atoms with Crippen LogP contribution in [0.4, 0.5) is 5.13 Å². The largest absolute Gasteiger partial charge is 0.378 e. The van der Waals surface area contributed by atoms with Crippen LogP contribution in [0.1, 0.15) is 23.4 Å². The van der Waals surface area contributed by atoms with Crippen molar-refractivity contribution in [1.29, 1.82) is 0 Å². The first-order valence-electron chi connectivity index (χ1n) is 6.43. The second-order valence-corrected chi connectivity index (χ2v) is 5.75. The Bertz CT molecular complexity index is 417. The summed E-state index contributed by atoms with van der Waals surface area (Å²) in [6, 6.07) is -0.250. The van der Waals surface area contributed by atoms with Crippen LogP contribution in [0.3, 0.4) is 0 Å². The number of morpholine rings is 1. The van der Waals surface area contributed by atoms with E-state index in [1.54, 1.807) is 11.3 Å². The first-order chi connectivity index (χ1) is 8.83. The maximum Gasteiger partial charge on any atom is 0.245 e. The fourth-order valence-corrected chi connectivity index (χ4v) is 3.38. The third-order valence-electron chi connectivity index (χ3n) is 3.31. The van der Waals surface area contributed by atoms with Gasteiger partial charge in [0.25, 0.3) is 0 Å². The fourth-order valence-electron chi connectivity index (χ4n) is 2.33. The SMILES string of the molecule is O=C(Nc1nc2c(s1)CCCC2)C1COCCN1. The number of hydrogen-bond acceptors (Lipinski definition) is 5. The molecule has 0 spiro atoms. The molecule has 18 heavy (non-hydrogen) atoms. The molecule has 1 amide bonds. The van der Waals surface area contributed by atoms with Crippen LogP contribution in [-0.4, -0.2) is 36.7 Å². The molecule has 3 rings (SSSR count). The van der Waals surface area contributed by atoms with Crippen molar-refractivity contribution in [2.75, 3.05) is 25.1 Å². The van der Waals surface area contributed by atoms with Crippen molar-refractivity contribution in [1.82, 2.24) is 10.3 Å². The molecule has 0 radical (unpaired) electrons. The van der Waals surface area contributed by atoms with E-state index in [0.717, 1.165) is 24.5 Å². The lowest BCUT2D eigenvalue weighted by molar-refractivity contribution is -0.120. The van der Waals surface area contributed by atoms with Gasteiger partial charge in [-0.15, -0.1) is 11.3 Å². The molecule has 1 aromatic rings. The normalized spacial score (nSPS) is 23.4. The molecule has 0 bridgehead atoms. The summed E-state index contributed by atoms with van der Waals surface area (Å²) in [5.74, 6) is -0.0409. The van der Waals surface area contributed by atoms with Crippen LogP contribution in [0.5, 0.6) is 0 Å². The third-order valence-corrected chi connectivity index (χ3v) is 4.39. The minimum Gasteiger partial charge on any atom is -0.378 e. The first kappa shape index (κ1) is 12.1. The van der Waals surface area contributed by atoms with E-state index in [4.69, 9.17) is 4.74 Å². The van der Waals surface area contributed by atoms with Crippen molar-refractivity contribution >= 4 is 22.4 Å². The molecule has 1 atom stereocenters. The van der Waals surface area contributed by atoms with Crippen LogP contribution in [0.15, 0.2) is 0 Å². The number of hydrogen-bond donors (Lipinski definition) is 2. The lowest BCUT2D eigenvalue weighted by atomic mass is 10.0. The molecule has 1 unspecified atom stereocenters. The Balaban J connectivity index is 1.64. The van der Waals surface area contributed by atoms with Crippen LogP contribution >= 0.6 is 11.3 Å². The first-order valence-corrected chi connectivity index (χ1v) is 7.25. The van der Waals surface area contributed by atoms with Gasteiger partial charge in [-0.1, -0.05) is 0 Å². The number of anilines is 1. The molecule has 0 aromatic carbocycles. The summed E-state index contributed by atoms with van der Waals surface area (Å²) in [6.45, 7) is 1.85. The number of aryl methyl sites for hydroxylation is 2. The van der Waals surface area contributed by atoms with Gasteiger partial charge in [-0.2, -0.15) is 0 Å². The zero-order valence-corrected chi connectivity index (χ0v) is 11.0. The molecule has 1 aromatic heterocycles. The van der Waals surface area contributed by atoms with Crippen LogP contribution in [0, 0.1) is 0 Å². The van der Waals surface area contributed by atoms with E-state index in [0.29, 0.717) is 13.2 Å². The Kier molecular flexibility index (Phi) is 3.58. The van der Waals surface area contributed by atoms with E-state index >= 15 is 0 Å². The van der Waals surface area contributed by atoms with E-state index in [-0.39, 0.29) is 11.9 Å². The molecular weight excluding hydrogens is 250 g/mol. The second kappa shape index (κ2) is 5.34. The van der Waals surface area contributed by atoms with E-state index in [2.05, 4.69) is 15.6 Å². The number of amides is 1. The number of fused-ring (bicyclic) bond motifs is 1. The molecular formula is C12H17N3O2S. The van der Waals surface area contributed by atoms with Crippen molar-refractivity contribution in [3.05, 3.63) is 10.6 Å². The highest BCUT2D eigenvalue weighted by molar-refractivity contribution is 7.15. The Morgan fingerprint density at radius 2 is 2.33 bits per heavy atom. The summed E-state index contributed by atoms with van der Waals surface area (Å²) in [7, 11) is 0. The van der Waals surface area contributed by atoms with Gasteiger partial charge in [-0.05, 0) is 25.7 Å². The zero-order chi connectivity index (χ0) is 12.4. The van der Waals surface area contributed by atoms with E-state index in [1.165, 1.54) is 23.4 Å². The highest BCUT2D eigenvalue weighted by atomic mass is 32.1. The minimum atomic E-state index is -0.250. The number of rotatable bonds is 2. The van der Waals surface area contributed by atoms with Crippen molar-refractivity contribution in [2.24, 2.45) is 0 Å². The van der Waals surface area contributed by atoms with Gasteiger partial charge in [0.2, 0.25) is 5.91 Å².